The molecule has 0 spiro atoms. The lowest BCUT2D eigenvalue weighted by atomic mass is 9.89. The van der Waals surface area contributed by atoms with E-state index in [-0.39, 0.29) is 5.91 Å². The summed E-state index contributed by atoms with van der Waals surface area (Å²) in [5, 5.41) is 3.36. The summed E-state index contributed by atoms with van der Waals surface area (Å²) in [4.78, 5) is 17.8. The quantitative estimate of drug-likeness (QED) is 0.859. The van der Waals surface area contributed by atoms with Gasteiger partial charge in [-0.1, -0.05) is 24.3 Å². The molecule has 2 aromatic carbocycles. The maximum atomic E-state index is 13.9. The minimum atomic E-state index is -0.652. The van der Waals surface area contributed by atoms with Gasteiger partial charge in [0.25, 0.3) is 0 Å². The van der Waals surface area contributed by atoms with E-state index < -0.39 is 23.2 Å². The molecule has 1 aliphatic carbocycles. The average Bonchev–Trinajstić information content (AvgIpc) is 3.13. The predicted octanol–water partition coefficient (Wildman–Crippen LogP) is 2.93. The Hall–Kier alpha value is -2.31. The molecule has 1 heterocycles. The monoisotopic (exact) mass is 399 g/mol. The molecule has 1 aliphatic heterocycles. The number of rotatable bonds is 4. The van der Waals surface area contributed by atoms with Crippen LogP contribution >= 0.6 is 0 Å². The topological polar surface area (TPSA) is 35.6 Å². The van der Waals surface area contributed by atoms with Gasteiger partial charge in [-0.3, -0.25) is 9.69 Å². The van der Waals surface area contributed by atoms with Crippen LogP contribution in [0.4, 0.5) is 8.78 Å². The van der Waals surface area contributed by atoms with Crippen LogP contribution < -0.4 is 5.32 Å². The van der Waals surface area contributed by atoms with E-state index >= 15 is 0 Å². The summed E-state index contributed by atoms with van der Waals surface area (Å²) in [6.07, 6.45) is 1.33. The molecule has 4 nitrogen and oxygen atoms in total. The van der Waals surface area contributed by atoms with Gasteiger partial charge in [-0.25, -0.2) is 8.78 Å². The summed E-state index contributed by atoms with van der Waals surface area (Å²) in [5.74, 6) is -1.25. The molecular formula is C23H27F2N3O. The molecule has 1 N–H and O–H groups in total. The smallest absolute Gasteiger partial charge is 0.244 e. The highest BCUT2D eigenvalue weighted by molar-refractivity contribution is 5.88. The molecule has 4 rings (SSSR count). The van der Waals surface area contributed by atoms with Gasteiger partial charge in [0.1, 0.15) is 17.2 Å². The fourth-order valence-electron chi connectivity index (χ4n) is 4.74. The van der Waals surface area contributed by atoms with E-state index in [4.69, 9.17) is 0 Å². The third-order valence-corrected chi connectivity index (χ3v) is 6.47. The highest BCUT2D eigenvalue weighted by Crippen LogP contribution is 2.38. The Morgan fingerprint density at radius 3 is 2.17 bits per heavy atom. The third kappa shape index (κ3) is 3.67. The summed E-state index contributed by atoms with van der Waals surface area (Å²) in [6, 6.07) is 11.2. The normalized spacial score (nSPS) is 19.6. The molecule has 1 fully saturated rings. The van der Waals surface area contributed by atoms with Gasteiger partial charge in [0.05, 0.1) is 6.04 Å². The number of amides is 1. The minimum absolute atomic E-state index is 0.00719. The standard InChI is InChI=1S/C23H27F2N3O/c1-16(19-11-20(24)13-21(25)12-19)27(2)22(29)23(28-9-7-26-8-10-28)14-17-5-3-4-6-18(17)15-23/h3-6,11-13,16,26H,7-10,14-15H2,1-2H3. The zero-order valence-corrected chi connectivity index (χ0v) is 16.9. The second kappa shape index (κ2) is 7.84. The number of nitrogens with one attached hydrogen (secondary N) is 1. The van der Waals surface area contributed by atoms with E-state index in [1.807, 2.05) is 19.1 Å². The zero-order chi connectivity index (χ0) is 20.6. The molecule has 29 heavy (non-hydrogen) atoms. The van der Waals surface area contributed by atoms with Crippen molar-refractivity contribution in [3.8, 4) is 0 Å². The first kappa shape index (κ1) is 20.0. The second-order valence-electron chi connectivity index (χ2n) is 8.19. The number of benzene rings is 2. The molecule has 1 unspecified atom stereocenters. The van der Waals surface area contributed by atoms with Gasteiger partial charge in [-0.2, -0.15) is 0 Å². The molecule has 2 aromatic rings. The first-order chi connectivity index (χ1) is 13.9. The van der Waals surface area contributed by atoms with Crippen LogP contribution in [0.3, 0.4) is 0 Å². The van der Waals surface area contributed by atoms with Gasteiger partial charge in [0.15, 0.2) is 0 Å². The Bertz CT molecular complexity index is 865. The maximum Gasteiger partial charge on any atom is 0.244 e. The van der Waals surface area contributed by atoms with Gasteiger partial charge in [-0.15, -0.1) is 0 Å². The number of fused-ring (bicyclic) bond motifs is 1. The average molecular weight is 399 g/mol. The number of nitrogens with zero attached hydrogens (tertiary/aromatic N) is 2. The summed E-state index contributed by atoms with van der Waals surface area (Å²) >= 11 is 0. The molecular weight excluding hydrogens is 372 g/mol. The van der Waals surface area contributed by atoms with Crippen LogP contribution in [0.1, 0.15) is 29.7 Å². The maximum absolute atomic E-state index is 13.9. The summed E-state index contributed by atoms with van der Waals surface area (Å²) in [5.41, 5.74) is 2.22. The van der Waals surface area contributed by atoms with Crippen molar-refractivity contribution in [1.29, 1.82) is 0 Å². The van der Waals surface area contributed by atoms with Crippen LogP contribution in [0.2, 0.25) is 0 Å². The molecule has 2 aliphatic rings. The number of likely N-dealkylation sites (N-methyl/N-ethyl adjacent to an activating group) is 1. The molecule has 0 bridgehead atoms. The molecule has 0 radical (unpaired) electrons. The molecule has 154 valence electrons. The zero-order valence-electron chi connectivity index (χ0n) is 16.9. The van der Waals surface area contributed by atoms with Crippen LogP contribution in [-0.4, -0.2) is 54.5 Å². The summed E-state index contributed by atoms with van der Waals surface area (Å²) in [6.45, 7) is 5.12. The van der Waals surface area contributed by atoms with Crippen molar-refractivity contribution < 1.29 is 13.6 Å². The highest BCUT2D eigenvalue weighted by atomic mass is 19.1. The van der Waals surface area contributed by atoms with Crippen molar-refractivity contribution in [1.82, 2.24) is 15.1 Å². The molecule has 1 saturated heterocycles. The first-order valence-corrected chi connectivity index (χ1v) is 10.2. The van der Waals surface area contributed by atoms with Crippen LogP contribution in [0, 0.1) is 11.6 Å². The largest absolute Gasteiger partial charge is 0.337 e. The lowest BCUT2D eigenvalue weighted by Gasteiger charge is -2.45. The fraction of sp³-hybridized carbons (Fsp3) is 0.435. The highest BCUT2D eigenvalue weighted by Gasteiger charge is 2.50. The summed E-state index contributed by atoms with van der Waals surface area (Å²) < 4.78 is 27.5. The third-order valence-electron chi connectivity index (χ3n) is 6.47. The number of hydrogen-bond donors (Lipinski definition) is 1. The molecule has 0 aromatic heterocycles. The van der Waals surface area contributed by atoms with Crippen LogP contribution in [0.15, 0.2) is 42.5 Å². The van der Waals surface area contributed by atoms with Crippen molar-refractivity contribution in [3.05, 3.63) is 70.8 Å². The van der Waals surface area contributed by atoms with Crippen molar-refractivity contribution in [2.45, 2.75) is 31.3 Å². The van der Waals surface area contributed by atoms with Gasteiger partial charge < -0.3 is 10.2 Å². The van der Waals surface area contributed by atoms with E-state index in [1.165, 1.54) is 23.3 Å². The van der Waals surface area contributed by atoms with Crippen molar-refractivity contribution in [2.75, 3.05) is 33.2 Å². The molecule has 0 saturated carbocycles. The first-order valence-electron chi connectivity index (χ1n) is 10.2. The van der Waals surface area contributed by atoms with Gasteiger partial charge >= 0.3 is 0 Å². The van der Waals surface area contributed by atoms with E-state index in [9.17, 15) is 13.6 Å². The second-order valence-corrected chi connectivity index (χ2v) is 8.19. The van der Waals surface area contributed by atoms with Crippen molar-refractivity contribution in [3.63, 3.8) is 0 Å². The van der Waals surface area contributed by atoms with E-state index in [1.54, 1.807) is 11.9 Å². The molecule has 1 atom stereocenters. The molecule has 6 heteroatoms. The van der Waals surface area contributed by atoms with E-state index in [2.05, 4.69) is 22.3 Å². The van der Waals surface area contributed by atoms with E-state index in [0.717, 1.165) is 32.2 Å². The van der Waals surface area contributed by atoms with Crippen molar-refractivity contribution >= 4 is 5.91 Å². The van der Waals surface area contributed by atoms with Crippen LogP contribution in [0.5, 0.6) is 0 Å². The fourth-order valence-corrected chi connectivity index (χ4v) is 4.74. The SMILES string of the molecule is CC(c1cc(F)cc(F)c1)N(C)C(=O)C1(N2CCNCC2)Cc2ccccc2C1. The number of hydrogen-bond acceptors (Lipinski definition) is 3. The minimum Gasteiger partial charge on any atom is -0.337 e. The van der Waals surface area contributed by atoms with Crippen LogP contribution in [-0.2, 0) is 17.6 Å². The van der Waals surface area contributed by atoms with Gasteiger partial charge in [0.2, 0.25) is 5.91 Å². The van der Waals surface area contributed by atoms with E-state index in [0.29, 0.717) is 18.4 Å². The van der Waals surface area contributed by atoms with Gasteiger partial charge in [-0.05, 0) is 35.7 Å². The summed E-state index contributed by atoms with van der Waals surface area (Å²) in [7, 11) is 1.74. The Kier molecular flexibility index (Phi) is 5.40. The number of halogens is 2. The lowest BCUT2D eigenvalue weighted by molar-refractivity contribution is -0.145. The van der Waals surface area contributed by atoms with Crippen LogP contribution in [0.25, 0.3) is 0 Å². The van der Waals surface area contributed by atoms with Crippen molar-refractivity contribution in [2.24, 2.45) is 0 Å². The lowest BCUT2D eigenvalue weighted by Crippen LogP contribution is -2.64. The Morgan fingerprint density at radius 2 is 1.62 bits per heavy atom. The number of carbonyl (C=O) groups is 1. The van der Waals surface area contributed by atoms with Gasteiger partial charge in [0, 0.05) is 52.1 Å². The Labute approximate surface area is 170 Å². The Balaban J connectivity index is 1.66. The Morgan fingerprint density at radius 1 is 1.07 bits per heavy atom. The number of piperazine rings is 1. The molecule has 1 amide bonds. The number of carbonyl (C=O) groups excluding carboxylic acids is 1. The predicted molar refractivity (Wildman–Crippen MR) is 109 cm³/mol.